The molecule has 62 valence electrons. The summed E-state index contributed by atoms with van der Waals surface area (Å²) in [6, 6.07) is 5.62. The average molecular weight is 163 g/mol. The number of rotatable bonds is 0. The normalized spacial score (nSPS) is 10.8. The van der Waals surface area contributed by atoms with Crippen molar-refractivity contribution in [3.8, 4) is 0 Å². The van der Waals surface area contributed by atoms with Gasteiger partial charge in [-0.15, -0.1) is 0 Å². The second kappa shape index (κ2) is 2.24. The second-order valence-electron chi connectivity index (χ2n) is 2.90. The minimum atomic E-state index is -0.271. The first-order valence-electron chi connectivity index (χ1n) is 3.75. The van der Waals surface area contributed by atoms with Gasteiger partial charge in [-0.3, -0.25) is 0 Å². The Hall–Kier alpha value is -1.51. The number of aromatic nitrogens is 1. The summed E-state index contributed by atoms with van der Waals surface area (Å²) in [5, 5.41) is 0.642. The topological polar surface area (TPSA) is 35.1 Å². The third kappa shape index (κ3) is 0.863. The largest absolute Gasteiger partial charge is 0.365 e. The lowest BCUT2D eigenvalue weighted by Crippen LogP contribution is -1.91. The van der Waals surface area contributed by atoms with Crippen LogP contribution in [-0.4, -0.2) is 4.74 Å². The third-order valence-electron chi connectivity index (χ3n) is 1.93. The highest BCUT2D eigenvalue weighted by atomic mass is 16.5. The minimum absolute atomic E-state index is 0.271. The van der Waals surface area contributed by atoms with Gasteiger partial charge in [-0.2, -0.15) is 0 Å². The summed E-state index contributed by atoms with van der Waals surface area (Å²) in [7, 11) is 1.73. The van der Waals surface area contributed by atoms with Crippen molar-refractivity contribution in [2.75, 3.05) is 0 Å². The predicted octanol–water partition coefficient (Wildman–Crippen LogP) is 1.44. The van der Waals surface area contributed by atoms with Crippen molar-refractivity contribution in [3.05, 3.63) is 34.2 Å². The van der Waals surface area contributed by atoms with E-state index in [1.165, 1.54) is 4.74 Å². The summed E-state index contributed by atoms with van der Waals surface area (Å²) >= 11 is 0. The highest BCUT2D eigenvalue weighted by molar-refractivity contribution is 5.78. The van der Waals surface area contributed by atoms with Crippen molar-refractivity contribution in [1.29, 1.82) is 0 Å². The third-order valence-corrected chi connectivity index (χ3v) is 1.93. The Morgan fingerprint density at radius 2 is 2.17 bits per heavy atom. The molecule has 3 nitrogen and oxygen atoms in total. The zero-order valence-corrected chi connectivity index (χ0v) is 7.00. The van der Waals surface area contributed by atoms with E-state index in [0.29, 0.717) is 5.39 Å². The molecule has 1 aromatic heterocycles. The molecular weight excluding hydrogens is 154 g/mol. The molecule has 2 aromatic rings. The van der Waals surface area contributed by atoms with E-state index in [4.69, 9.17) is 4.52 Å². The molecule has 0 spiro atoms. The van der Waals surface area contributed by atoms with Crippen LogP contribution in [0.1, 0.15) is 5.56 Å². The summed E-state index contributed by atoms with van der Waals surface area (Å²) in [6.07, 6.45) is 0. The minimum Gasteiger partial charge on any atom is -0.336 e. The standard InChI is InChI=1S/C9H9NO2/c1-6-3-4-7-8(5-6)10(2)12-9(7)11/h3-5H,1-2H3. The molecule has 0 unspecified atom stereocenters. The van der Waals surface area contributed by atoms with Crippen LogP contribution < -0.4 is 5.63 Å². The zero-order valence-electron chi connectivity index (χ0n) is 7.00. The van der Waals surface area contributed by atoms with E-state index in [0.717, 1.165) is 11.1 Å². The van der Waals surface area contributed by atoms with Gasteiger partial charge in [0, 0.05) is 7.05 Å². The highest BCUT2D eigenvalue weighted by Crippen LogP contribution is 2.11. The van der Waals surface area contributed by atoms with Crippen molar-refractivity contribution in [2.45, 2.75) is 6.92 Å². The van der Waals surface area contributed by atoms with Gasteiger partial charge in [-0.05, 0) is 24.6 Å². The second-order valence-corrected chi connectivity index (χ2v) is 2.90. The number of fused-ring (bicyclic) bond motifs is 1. The Morgan fingerprint density at radius 3 is 2.92 bits per heavy atom. The van der Waals surface area contributed by atoms with E-state index in [-0.39, 0.29) is 5.63 Å². The Bertz CT molecular complexity index is 479. The molecule has 0 saturated carbocycles. The van der Waals surface area contributed by atoms with Crippen molar-refractivity contribution in [3.63, 3.8) is 0 Å². The lowest BCUT2D eigenvalue weighted by molar-refractivity contribution is 0.296. The average Bonchev–Trinajstić information content (AvgIpc) is 2.28. The maximum Gasteiger partial charge on any atom is 0.365 e. The van der Waals surface area contributed by atoms with Gasteiger partial charge >= 0.3 is 5.63 Å². The van der Waals surface area contributed by atoms with E-state index in [2.05, 4.69) is 0 Å². The summed E-state index contributed by atoms with van der Waals surface area (Å²) in [6.45, 7) is 1.98. The molecule has 2 rings (SSSR count). The Balaban J connectivity index is 3.00. The van der Waals surface area contributed by atoms with Gasteiger partial charge in [0.1, 0.15) is 0 Å². The van der Waals surface area contributed by atoms with E-state index >= 15 is 0 Å². The fraction of sp³-hybridized carbons (Fsp3) is 0.222. The summed E-state index contributed by atoms with van der Waals surface area (Å²) in [5.41, 5.74) is 1.70. The van der Waals surface area contributed by atoms with Gasteiger partial charge in [0.25, 0.3) is 0 Å². The van der Waals surface area contributed by atoms with Crippen molar-refractivity contribution in [1.82, 2.24) is 4.74 Å². The molecule has 0 atom stereocenters. The van der Waals surface area contributed by atoms with Gasteiger partial charge in [0.05, 0.1) is 10.9 Å². The maximum atomic E-state index is 11.1. The fourth-order valence-corrected chi connectivity index (χ4v) is 1.30. The van der Waals surface area contributed by atoms with Crippen LogP contribution in [0.3, 0.4) is 0 Å². The quantitative estimate of drug-likeness (QED) is 0.589. The molecule has 0 radical (unpaired) electrons. The van der Waals surface area contributed by atoms with Crippen LogP contribution in [0.25, 0.3) is 10.9 Å². The number of benzene rings is 1. The summed E-state index contributed by atoms with van der Waals surface area (Å²) in [5.74, 6) is 0. The first kappa shape index (κ1) is 7.16. The number of hydrogen-bond donors (Lipinski definition) is 0. The van der Waals surface area contributed by atoms with E-state index < -0.39 is 0 Å². The molecule has 1 heterocycles. The summed E-state index contributed by atoms with van der Waals surface area (Å²) < 4.78 is 6.37. The zero-order chi connectivity index (χ0) is 8.72. The highest BCUT2D eigenvalue weighted by Gasteiger charge is 2.04. The fourth-order valence-electron chi connectivity index (χ4n) is 1.30. The molecule has 12 heavy (non-hydrogen) atoms. The van der Waals surface area contributed by atoms with Crippen LogP contribution in [0.4, 0.5) is 0 Å². The van der Waals surface area contributed by atoms with Gasteiger partial charge in [-0.25, -0.2) is 9.53 Å². The van der Waals surface area contributed by atoms with Gasteiger partial charge in [0.15, 0.2) is 0 Å². The number of nitrogens with zero attached hydrogens (tertiary/aromatic N) is 1. The van der Waals surface area contributed by atoms with E-state index in [1.807, 2.05) is 19.1 Å². The molecule has 0 saturated heterocycles. The molecule has 0 aliphatic carbocycles. The van der Waals surface area contributed by atoms with Crippen LogP contribution in [-0.2, 0) is 7.05 Å². The van der Waals surface area contributed by atoms with Crippen molar-refractivity contribution in [2.24, 2.45) is 7.05 Å². The first-order chi connectivity index (χ1) is 5.68. The molecule has 1 aromatic carbocycles. The predicted molar refractivity (Wildman–Crippen MR) is 46.2 cm³/mol. The molecule has 0 aliphatic rings. The van der Waals surface area contributed by atoms with Gasteiger partial charge in [0.2, 0.25) is 0 Å². The van der Waals surface area contributed by atoms with E-state index in [1.54, 1.807) is 13.1 Å². The van der Waals surface area contributed by atoms with E-state index in [9.17, 15) is 4.79 Å². The molecule has 0 N–H and O–H groups in total. The number of aryl methyl sites for hydroxylation is 2. The van der Waals surface area contributed by atoms with Crippen LogP contribution in [0.5, 0.6) is 0 Å². The Labute approximate surface area is 69.2 Å². The molecular formula is C9H9NO2. The summed E-state index contributed by atoms with van der Waals surface area (Å²) in [4.78, 5) is 11.1. The molecule has 0 fully saturated rings. The molecule has 3 heteroatoms. The molecule has 0 bridgehead atoms. The van der Waals surface area contributed by atoms with Crippen LogP contribution in [0, 0.1) is 6.92 Å². The van der Waals surface area contributed by atoms with Crippen LogP contribution in [0.15, 0.2) is 27.5 Å². The van der Waals surface area contributed by atoms with Gasteiger partial charge < -0.3 is 4.52 Å². The molecule has 0 amide bonds. The number of hydrogen-bond acceptors (Lipinski definition) is 2. The Kier molecular flexibility index (Phi) is 1.33. The van der Waals surface area contributed by atoms with Crippen molar-refractivity contribution < 1.29 is 4.52 Å². The monoisotopic (exact) mass is 163 g/mol. The lowest BCUT2D eigenvalue weighted by Gasteiger charge is -1.92. The maximum absolute atomic E-state index is 11.1. The lowest BCUT2D eigenvalue weighted by atomic mass is 10.2. The van der Waals surface area contributed by atoms with Gasteiger partial charge in [-0.1, -0.05) is 6.07 Å². The smallest absolute Gasteiger partial charge is 0.336 e. The SMILES string of the molecule is Cc1ccc2c(=O)on(C)c2c1. The molecule has 0 aliphatic heterocycles. The van der Waals surface area contributed by atoms with Crippen molar-refractivity contribution >= 4 is 10.9 Å². The first-order valence-corrected chi connectivity index (χ1v) is 3.75. The Morgan fingerprint density at radius 1 is 1.42 bits per heavy atom. The van der Waals surface area contributed by atoms with Crippen LogP contribution >= 0.6 is 0 Å². The van der Waals surface area contributed by atoms with Crippen LogP contribution in [0.2, 0.25) is 0 Å².